The van der Waals surface area contributed by atoms with Crippen molar-refractivity contribution < 1.29 is 18.3 Å². The molecule has 2 heterocycles. The molecule has 1 amide bonds. The summed E-state index contributed by atoms with van der Waals surface area (Å²) in [7, 11) is 0. The summed E-state index contributed by atoms with van der Waals surface area (Å²) in [5, 5.41) is 5.58. The first-order valence-corrected chi connectivity index (χ1v) is 7.63. The summed E-state index contributed by atoms with van der Waals surface area (Å²) in [5.41, 5.74) is 0.796. The van der Waals surface area contributed by atoms with Crippen molar-refractivity contribution in [1.82, 2.24) is 15.6 Å². The van der Waals surface area contributed by atoms with Crippen molar-refractivity contribution in [2.75, 3.05) is 6.54 Å². The maximum Gasteiger partial charge on any atom is 0.237 e. The molecule has 1 aromatic carbocycles. The fourth-order valence-electron chi connectivity index (χ4n) is 2.40. The highest BCUT2D eigenvalue weighted by molar-refractivity contribution is 5.85. The number of nitrogens with zero attached hydrogens (tertiary/aromatic N) is 1. The highest BCUT2D eigenvalue weighted by atomic mass is 35.5. The van der Waals surface area contributed by atoms with E-state index >= 15 is 0 Å². The zero-order valence-electron chi connectivity index (χ0n) is 13.7. The van der Waals surface area contributed by atoms with Crippen molar-refractivity contribution in [3.8, 4) is 11.6 Å². The van der Waals surface area contributed by atoms with Crippen molar-refractivity contribution in [2.24, 2.45) is 0 Å². The number of carbonyl (C=O) groups excluding carboxylic acids is 1. The Kier molecular flexibility index (Phi) is 8.71. The molecule has 1 fully saturated rings. The zero-order valence-corrected chi connectivity index (χ0v) is 15.3. The van der Waals surface area contributed by atoms with Crippen molar-refractivity contribution in [3.05, 3.63) is 54.0 Å². The number of nitrogens with one attached hydrogen (secondary N) is 2. The molecule has 2 N–H and O–H groups in total. The van der Waals surface area contributed by atoms with Crippen LogP contribution in [0.25, 0.3) is 0 Å². The molecule has 1 aromatic heterocycles. The average molecular weight is 406 g/mol. The predicted molar refractivity (Wildman–Crippen MR) is 98.4 cm³/mol. The first-order chi connectivity index (χ1) is 11.6. The van der Waals surface area contributed by atoms with E-state index in [0.717, 1.165) is 5.56 Å². The van der Waals surface area contributed by atoms with Crippen LogP contribution in [0.4, 0.5) is 8.78 Å². The van der Waals surface area contributed by atoms with E-state index in [1.54, 1.807) is 18.3 Å². The number of carbonyl (C=O) groups is 1. The van der Waals surface area contributed by atoms with Gasteiger partial charge in [-0.25, -0.2) is 13.8 Å². The van der Waals surface area contributed by atoms with Gasteiger partial charge in [0.05, 0.1) is 6.04 Å². The van der Waals surface area contributed by atoms with Gasteiger partial charge in [0.2, 0.25) is 11.8 Å². The van der Waals surface area contributed by atoms with E-state index in [-0.39, 0.29) is 49.5 Å². The number of aromatic nitrogens is 1. The molecule has 1 aliphatic heterocycles. The maximum absolute atomic E-state index is 13.1. The first-order valence-electron chi connectivity index (χ1n) is 7.63. The summed E-state index contributed by atoms with van der Waals surface area (Å²) < 4.78 is 31.4. The molecule has 0 bridgehead atoms. The molecule has 9 heteroatoms. The van der Waals surface area contributed by atoms with Crippen LogP contribution in [0, 0.1) is 5.82 Å². The van der Waals surface area contributed by atoms with E-state index in [0.29, 0.717) is 18.2 Å². The van der Waals surface area contributed by atoms with Gasteiger partial charge in [0.15, 0.2) is 0 Å². The number of amides is 1. The lowest BCUT2D eigenvalue weighted by Gasteiger charge is -2.11. The molecule has 1 aliphatic rings. The van der Waals surface area contributed by atoms with Gasteiger partial charge in [-0.05, 0) is 29.8 Å². The SMILES string of the molecule is Cl.Cl.O=C(NCc1ccc(Oc2ccc(F)cc2)nc1)[C@H]1C[C@H](F)CN1. The highest BCUT2D eigenvalue weighted by Gasteiger charge is 2.28. The first kappa shape index (κ1) is 22.1. The predicted octanol–water partition coefficient (Wildman–Crippen LogP) is 3.17. The minimum Gasteiger partial charge on any atom is -0.439 e. The smallest absolute Gasteiger partial charge is 0.237 e. The van der Waals surface area contributed by atoms with Gasteiger partial charge in [-0.3, -0.25) is 4.79 Å². The van der Waals surface area contributed by atoms with E-state index in [1.807, 2.05) is 0 Å². The van der Waals surface area contributed by atoms with Crippen molar-refractivity contribution in [3.63, 3.8) is 0 Å². The molecule has 0 radical (unpaired) electrons. The molecule has 2 aromatic rings. The zero-order chi connectivity index (χ0) is 16.9. The van der Waals surface area contributed by atoms with Crippen molar-refractivity contribution in [2.45, 2.75) is 25.2 Å². The van der Waals surface area contributed by atoms with Gasteiger partial charge < -0.3 is 15.4 Å². The van der Waals surface area contributed by atoms with Gasteiger partial charge in [-0.15, -0.1) is 24.8 Å². The van der Waals surface area contributed by atoms with Crippen LogP contribution in [0.2, 0.25) is 0 Å². The largest absolute Gasteiger partial charge is 0.439 e. The molecule has 26 heavy (non-hydrogen) atoms. The fraction of sp³-hybridized carbons (Fsp3) is 0.294. The van der Waals surface area contributed by atoms with Crippen LogP contribution in [0.15, 0.2) is 42.6 Å². The van der Waals surface area contributed by atoms with Crippen LogP contribution in [0.1, 0.15) is 12.0 Å². The highest BCUT2D eigenvalue weighted by Crippen LogP contribution is 2.19. The Morgan fingerprint density at radius 2 is 1.96 bits per heavy atom. The van der Waals surface area contributed by atoms with E-state index in [9.17, 15) is 13.6 Å². The lowest BCUT2D eigenvalue weighted by molar-refractivity contribution is -0.123. The van der Waals surface area contributed by atoms with Crippen LogP contribution in [0.3, 0.4) is 0 Å². The average Bonchev–Trinajstić information content (AvgIpc) is 3.03. The molecule has 2 atom stereocenters. The van der Waals surface area contributed by atoms with Crippen LogP contribution in [-0.4, -0.2) is 29.6 Å². The van der Waals surface area contributed by atoms with Crippen LogP contribution < -0.4 is 15.4 Å². The van der Waals surface area contributed by atoms with Gasteiger partial charge in [-0.1, -0.05) is 6.07 Å². The summed E-state index contributed by atoms with van der Waals surface area (Å²) in [6, 6.07) is 8.59. The fourth-order valence-corrected chi connectivity index (χ4v) is 2.40. The number of benzene rings is 1. The van der Waals surface area contributed by atoms with Crippen molar-refractivity contribution >= 4 is 30.7 Å². The Balaban J connectivity index is 0.00000169. The third kappa shape index (κ3) is 6.09. The maximum atomic E-state index is 13.1. The second-order valence-electron chi connectivity index (χ2n) is 5.57. The number of halogens is 4. The molecule has 0 aliphatic carbocycles. The third-order valence-corrected chi connectivity index (χ3v) is 3.69. The Hall–Kier alpha value is -1.96. The molecule has 0 spiro atoms. The monoisotopic (exact) mass is 405 g/mol. The van der Waals surface area contributed by atoms with Crippen LogP contribution in [-0.2, 0) is 11.3 Å². The summed E-state index contributed by atoms with van der Waals surface area (Å²) >= 11 is 0. The number of rotatable bonds is 5. The molecule has 0 unspecified atom stereocenters. The number of hydrogen-bond acceptors (Lipinski definition) is 4. The van der Waals surface area contributed by atoms with Gasteiger partial charge in [-0.2, -0.15) is 0 Å². The second kappa shape index (κ2) is 10.3. The summed E-state index contributed by atoms with van der Waals surface area (Å²) in [5.74, 6) is 0.298. The Morgan fingerprint density at radius 1 is 1.23 bits per heavy atom. The van der Waals surface area contributed by atoms with E-state index in [4.69, 9.17) is 4.74 Å². The lowest BCUT2D eigenvalue weighted by atomic mass is 10.2. The van der Waals surface area contributed by atoms with Crippen LogP contribution in [0.5, 0.6) is 11.6 Å². The Bertz CT molecular complexity index is 702. The number of alkyl halides is 1. The number of pyridine rings is 1. The molecular formula is C17H19Cl2F2N3O2. The minimum absolute atomic E-state index is 0. The third-order valence-electron chi connectivity index (χ3n) is 3.69. The van der Waals surface area contributed by atoms with E-state index < -0.39 is 12.2 Å². The summed E-state index contributed by atoms with van der Waals surface area (Å²) in [6.07, 6.45) is 0.818. The second-order valence-corrected chi connectivity index (χ2v) is 5.57. The number of hydrogen-bond donors (Lipinski definition) is 2. The summed E-state index contributed by atoms with van der Waals surface area (Å²) in [4.78, 5) is 16.0. The van der Waals surface area contributed by atoms with E-state index in [1.165, 1.54) is 24.3 Å². The Morgan fingerprint density at radius 3 is 2.54 bits per heavy atom. The lowest BCUT2D eigenvalue weighted by Crippen LogP contribution is -2.40. The van der Waals surface area contributed by atoms with Crippen LogP contribution >= 0.6 is 24.8 Å². The van der Waals surface area contributed by atoms with E-state index in [2.05, 4.69) is 15.6 Å². The topological polar surface area (TPSA) is 63.2 Å². The van der Waals surface area contributed by atoms with Gasteiger partial charge in [0.25, 0.3) is 0 Å². The quantitative estimate of drug-likeness (QED) is 0.801. The standard InChI is InChI=1S/C17H17F2N3O2.2ClH/c18-12-2-4-14(5-3-12)24-16-6-1-11(8-21-16)9-22-17(23)15-7-13(19)10-20-15;;/h1-6,8,13,15,20H,7,9-10H2,(H,22,23);2*1H/t13-,15+;;/m0../s1. The summed E-state index contributed by atoms with van der Waals surface area (Å²) in [6.45, 7) is 0.521. The molecular weight excluding hydrogens is 387 g/mol. The molecule has 0 saturated carbocycles. The molecule has 5 nitrogen and oxygen atoms in total. The molecule has 142 valence electrons. The van der Waals surface area contributed by atoms with Gasteiger partial charge in [0, 0.05) is 31.8 Å². The van der Waals surface area contributed by atoms with Gasteiger partial charge in [0.1, 0.15) is 17.7 Å². The normalized spacial score (nSPS) is 18.4. The van der Waals surface area contributed by atoms with Crippen molar-refractivity contribution in [1.29, 1.82) is 0 Å². The number of ether oxygens (including phenoxy) is 1. The van der Waals surface area contributed by atoms with Gasteiger partial charge >= 0.3 is 0 Å². The molecule has 3 rings (SSSR count). The minimum atomic E-state index is -0.967. The molecule has 1 saturated heterocycles. The Labute approximate surface area is 162 Å².